The lowest BCUT2D eigenvalue weighted by Crippen LogP contribution is -2.29. The zero-order valence-electron chi connectivity index (χ0n) is 10.8. The lowest BCUT2D eigenvalue weighted by Gasteiger charge is -2.15. The van der Waals surface area contributed by atoms with Gasteiger partial charge in [-0.3, -0.25) is 0 Å². The Balaban J connectivity index is 1.91. The Bertz CT molecular complexity index is 359. The number of hydrogen-bond donors (Lipinski definition) is 2. The molecule has 2 rings (SSSR count). The van der Waals surface area contributed by atoms with Gasteiger partial charge >= 0.3 is 0 Å². The fraction of sp³-hybridized carbons (Fsp3) is 0.571. The van der Waals surface area contributed by atoms with Crippen molar-refractivity contribution in [3.63, 3.8) is 0 Å². The van der Waals surface area contributed by atoms with Crippen LogP contribution in [0.15, 0.2) is 18.2 Å². The van der Waals surface area contributed by atoms with Crippen LogP contribution in [0, 0.1) is 6.92 Å². The van der Waals surface area contributed by atoms with Gasteiger partial charge in [0.15, 0.2) is 0 Å². The molecule has 1 unspecified atom stereocenters. The van der Waals surface area contributed by atoms with Crippen LogP contribution >= 0.6 is 0 Å². The molecule has 0 spiro atoms. The monoisotopic (exact) mass is 234 g/mol. The standard InChI is InChI=1S/C14H22N2O/c1-3-17-13-6-7-14(11(2)9-13)16-10-12-5-4-8-15-12/h6-7,9,12,15-16H,3-5,8,10H2,1-2H3. The average molecular weight is 234 g/mol. The molecule has 3 nitrogen and oxygen atoms in total. The van der Waals surface area contributed by atoms with Gasteiger partial charge in [0.05, 0.1) is 6.61 Å². The van der Waals surface area contributed by atoms with Crippen molar-refractivity contribution in [2.75, 3.05) is 25.0 Å². The van der Waals surface area contributed by atoms with Crippen molar-refractivity contribution < 1.29 is 4.74 Å². The zero-order chi connectivity index (χ0) is 12.1. The van der Waals surface area contributed by atoms with Crippen LogP contribution in [0.3, 0.4) is 0 Å². The number of ether oxygens (including phenoxy) is 1. The van der Waals surface area contributed by atoms with Gasteiger partial charge in [-0.1, -0.05) is 0 Å². The first kappa shape index (κ1) is 12.2. The number of anilines is 1. The van der Waals surface area contributed by atoms with E-state index in [1.54, 1.807) is 0 Å². The van der Waals surface area contributed by atoms with Crippen LogP contribution in [0.1, 0.15) is 25.3 Å². The molecular formula is C14H22N2O. The highest BCUT2D eigenvalue weighted by molar-refractivity contribution is 5.53. The Kier molecular flexibility index (Phi) is 4.26. The maximum atomic E-state index is 5.48. The largest absolute Gasteiger partial charge is 0.494 e. The number of hydrogen-bond acceptors (Lipinski definition) is 3. The topological polar surface area (TPSA) is 33.3 Å². The molecule has 2 N–H and O–H groups in total. The van der Waals surface area contributed by atoms with Crippen LogP contribution in [0.4, 0.5) is 5.69 Å². The van der Waals surface area contributed by atoms with Crippen molar-refractivity contribution in [3.8, 4) is 5.75 Å². The van der Waals surface area contributed by atoms with Gasteiger partial charge in [-0.05, 0) is 57.0 Å². The van der Waals surface area contributed by atoms with Gasteiger partial charge in [-0.2, -0.15) is 0 Å². The molecule has 1 heterocycles. The number of aryl methyl sites for hydroxylation is 1. The maximum Gasteiger partial charge on any atom is 0.119 e. The number of nitrogens with one attached hydrogen (secondary N) is 2. The lowest BCUT2D eigenvalue weighted by atomic mass is 10.1. The fourth-order valence-electron chi connectivity index (χ4n) is 2.26. The van der Waals surface area contributed by atoms with Gasteiger partial charge in [-0.15, -0.1) is 0 Å². The average Bonchev–Trinajstić information content (AvgIpc) is 2.81. The van der Waals surface area contributed by atoms with Crippen molar-refractivity contribution in [1.82, 2.24) is 5.32 Å². The van der Waals surface area contributed by atoms with Crippen molar-refractivity contribution >= 4 is 5.69 Å². The first-order valence-corrected chi connectivity index (χ1v) is 6.50. The van der Waals surface area contributed by atoms with E-state index in [4.69, 9.17) is 4.74 Å². The predicted molar refractivity (Wildman–Crippen MR) is 71.9 cm³/mol. The van der Waals surface area contributed by atoms with Crippen LogP contribution in [-0.4, -0.2) is 25.7 Å². The van der Waals surface area contributed by atoms with E-state index in [2.05, 4.69) is 29.7 Å². The van der Waals surface area contributed by atoms with E-state index in [9.17, 15) is 0 Å². The van der Waals surface area contributed by atoms with E-state index in [-0.39, 0.29) is 0 Å². The van der Waals surface area contributed by atoms with Crippen molar-refractivity contribution in [1.29, 1.82) is 0 Å². The van der Waals surface area contributed by atoms with Crippen LogP contribution in [0.2, 0.25) is 0 Å². The highest BCUT2D eigenvalue weighted by atomic mass is 16.5. The van der Waals surface area contributed by atoms with Gasteiger partial charge in [0.2, 0.25) is 0 Å². The second-order valence-corrected chi connectivity index (χ2v) is 4.58. The van der Waals surface area contributed by atoms with Crippen LogP contribution in [0.5, 0.6) is 5.75 Å². The summed E-state index contributed by atoms with van der Waals surface area (Å²) in [5.41, 5.74) is 2.45. The molecule has 0 saturated carbocycles. The van der Waals surface area contributed by atoms with Gasteiger partial charge in [0, 0.05) is 18.3 Å². The van der Waals surface area contributed by atoms with Crippen molar-refractivity contribution in [2.45, 2.75) is 32.7 Å². The molecule has 1 atom stereocenters. The second kappa shape index (κ2) is 5.92. The van der Waals surface area contributed by atoms with E-state index in [1.807, 2.05) is 13.0 Å². The highest BCUT2D eigenvalue weighted by Gasteiger charge is 2.13. The number of benzene rings is 1. The molecule has 0 aromatic heterocycles. The van der Waals surface area contributed by atoms with Gasteiger partial charge in [-0.25, -0.2) is 0 Å². The summed E-state index contributed by atoms with van der Waals surface area (Å²) in [6.07, 6.45) is 2.58. The summed E-state index contributed by atoms with van der Waals surface area (Å²) >= 11 is 0. The summed E-state index contributed by atoms with van der Waals surface area (Å²) in [6, 6.07) is 6.85. The zero-order valence-corrected chi connectivity index (χ0v) is 10.8. The third kappa shape index (κ3) is 3.37. The molecule has 1 saturated heterocycles. The molecule has 0 radical (unpaired) electrons. The van der Waals surface area contributed by atoms with Crippen molar-refractivity contribution in [3.05, 3.63) is 23.8 Å². The molecule has 1 aromatic rings. The Labute approximate surface area is 104 Å². The third-order valence-corrected chi connectivity index (χ3v) is 3.21. The molecule has 17 heavy (non-hydrogen) atoms. The van der Waals surface area contributed by atoms with Gasteiger partial charge < -0.3 is 15.4 Å². The minimum absolute atomic E-state index is 0.626. The lowest BCUT2D eigenvalue weighted by molar-refractivity contribution is 0.340. The smallest absolute Gasteiger partial charge is 0.119 e. The summed E-state index contributed by atoms with van der Waals surface area (Å²) in [5, 5.41) is 7.00. The Hall–Kier alpha value is -1.22. The SMILES string of the molecule is CCOc1ccc(NCC2CCCN2)c(C)c1. The summed E-state index contributed by atoms with van der Waals surface area (Å²) in [6.45, 7) is 7.02. The Morgan fingerprint density at radius 1 is 1.47 bits per heavy atom. The number of rotatable bonds is 5. The summed E-state index contributed by atoms with van der Waals surface area (Å²) in [7, 11) is 0. The van der Waals surface area contributed by atoms with E-state index in [1.165, 1.54) is 24.1 Å². The fourth-order valence-corrected chi connectivity index (χ4v) is 2.26. The molecule has 0 amide bonds. The van der Waals surface area contributed by atoms with Gasteiger partial charge in [0.25, 0.3) is 0 Å². The normalized spacial score (nSPS) is 19.3. The molecule has 1 fully saturated rings. The second-order valence-electron chi connectivity index (χ2n) is 4.58. The minimum atomic E-state index is 0.626. The first-order valence-electron chi connectivity index (χ1n) is 6.50. The van der Waals surface area contributed by atoms with E-state index >= 15 is 0 Å². The quantitative estimate of drug-likeness (QED) is 0.821. The highest BCUT2D eigenvalue weighted by Crippen LogP contribution is 2.21. The summed E-state index contributed by atoms with van der Waals surface area (Å²) in [4.78, 5) is 0. The molecule has 0 aliphatic carbocycles. The van der Waals surface area contributed by atoms with E-state index in [0.29, 0.717) is 6.04 Å². The van der Waals surface area contributed by atoms with Crippen LogP contribution in [0.25, 0.3) is 0 Å². The molecule has 3 heteroatoms. The molecule has 94 valence electrons. The molecule has 1 aromatic carbocycles. The van der Waals surface area contributed by atoms with Gasteiger partial charge in [0.1, 0.15) is 5.75 Å². The predicted octanol–water partition coefficient (Wildman–Crippen LogP) is 2.56. The molecule has 0 bridgehead atoms. The Morgan fingerprint density at radius 2 is 2.35 bits per heavy atom. The molecule has 1 aliphatic heterocycles. The van der Waals surface area contributed by atoms with E-state index < -0.39 is 0 Å². The van der Waals surface area contributed by atoms with E-state index in [0.717, 1.165) is 25.4 Å². The molecule has 1 aliphatic rings. The van der Waals surface area contributed by atoms with Crippen LogP contribution < -0.4 is 15.4 Å². The first-order chi connectivity index (χ1) is 8.29. The Morgan fingerprint density at radius 3 is 3.00 bits per heavy atom. The third-order valence-electron chi connectivity index (χ3n) is 3.21. The van der Waals surface area contributed by atoms with Crippen LogP contribution in [-0.2, 0) is 0 Å². The summed E-state index contributed by atoms with van der Waals surface area (Å²) < 4.78 is 5.48. The summed E-state index contributed by atoms with van der Waals surface area (Å²) in [5.74, 6) is 0.953. The molecular weight excluding hydrogens is 212 g/mol. The maximum absolute atomic E-state index is 5.48. The minimum Gasteiger partial charge on any atom is -0.494 e. The van der Waals surface area contributed by atoms with Crippen molar-refractivity contribution in [2.24, 2.45) is 0 Å².